The Morgan fingerprint density at radius 2 is 2.16 bits per heavy atom. The van der Waals surface area contributed by atoms with Gasteiger partial charge in [-0.25, -0.2) is 4.98 Å². The van der Waals surface area contributed by atoms with E-state index in [1.54, 1.807) is 12.4 Å². The van der Waals surface area contributed by atoms with Crippen molar-refractivity contribution in [3.05, 3.63) is 30.1 Å². The van der Waals surface area contributed by atoms with Gasteiger partial charge in [-0.15, -0.1) is 0 Å². The van der Waals surface area contributed by atoms with Crippen LogP contribution in [0.5, 0.6) is 0 Å². The van der Waals surface area contributed by atoms with Gasteiger partial charge in [0.25, 0.3) is 0 Å². The molecule has 132 valence electrons. The lowest BCUT2D eigenvalue weighted by Gasteiger charge is -2.16. The van der Waals surface area contributed by atoms with Crippen molar-refractivity contribution in [1.82, 2.24) is 24.5 Å². The first-order valence-electron chi connectivity index (χ1n) is 7.51. The van der Waals surface area contributed by atoms with Gasteiger partial charge in [-0.1, -0.05) is 0 Å². The molecule has 0 spiro atoms. The van der Waals surface area contributed by atoms with Crippen LogP contribution in [0.25, 0.3) is 11.2 Å². The number of nitrogens with zero attached hydrogens (tertiary/aromatic N) is 4. The molecule has 0 bridgehead atoms. The van der Waals surface area contributed by atoms with Crippen LogP contribution in [0, 0.1) is 0 Å². The molecule has 0 amide bonds. The molecule has 1 fully saturated rings. The van der Waals surface area contributed by atoms with E-state index < -0.39 is 31.1 Å². The highest BCUT2D eigenvalue weighted by atomic mass is 35.5. The number of aromatic amines is 1. The smallest absolute Gasteiger partial charge is 0.226 e. The predicted molar refractivity (Wildman–Crippen MR) is 87.4 cm³/mol. The quantitative estimate of drug-likeness (QED) is 0.411. The Hall–Kier alpha value is -2.24. The fraction of sp³-hybridized carbons (Fsp3) is 0.357. The summed E-state index contributed by atoms with van der Waals surface area (Å²) in [5.41, 5.74) is 1.51. The van der Waals surface area contributed by atoms with Gasteiger partial charge in [0.05, 0.1) is 18.6 Å². The van der Waals surface area contributed by atoms with Crippen molar-refractivity contribution in [3.63, 3.8) is 0 Å². The van der Waals surface area contributed by atoms with E-state index in [9.17, 15) is 15.3 Å². The van der Waals surface area contributed by atoms with E-state index >= 15 is 0 Å². The zero-order chi connectivity index (χ0) is 17.6. The molecular formula is C14H15ClN6O4. The summed E-state index contributed by atoms with van der Waals surface area (Å²) < 4.78 is 6.97. The molecule has 4 heterocycles. The lowest BCUT2D eigenvalue weighted by molar-refractivity contribution is -0.0511. The molecule has 3 aromatic heterocycles. The number of aliphatic hydroxyl groups excluding tert-OH is 3. The second kappa shape index (κ2) is 6.24. The number of imidazole rings is 1. The van der Waals surface area contributed by atoms with Crippen molar-refractivity contribution in [3.8, 4) is 0 Å². The maximum atomic E-state index is 10.2. The zero-order valence-electron chi connectivity index (χ0n) is 12.7. The molecule has 0 aromatic carbocycles. The van der Waals surface area contributed by atoms with Crippen LogP contribution >= 0.6 is 11.6 Å². The second-order valence-corrected chi connectivity index (χ2v) is 5.96. The average molecular weight is 367 g/mol. The van der Waals surface area contributed by atoms with Gasteiger partial charge in [0.1, 0.15) is 18.3 Å². The molecule has 25 heavy (non-hydrogen) atoms. The second-order valence-electron chi connectivity index (χ2n) is 5.62. The third-order valence-electron chi connectivity index (χ3n) is 4.05. The van der Waals surface area contributed by atoms with Crippen LogP contribution in [0.2, 0.25) is 5.28 Å². The van der Waals surface area contributed by atoms with Crippen molar-refractivity contribution in [2.24, 2.45) is 0 Å². The molecule has 11 heteroatoms. The van der Waals surface area contributed by atoms with Crippen LogP contribution in [-0.4, -0.2) is 64.7 Å². The van der Waals surface area contributed by atoms with Gasteiger partial charge in [-0.05, 0) is 17.7 Å². The van der Waals surface area contributed by atoms with Gasteiger partial charge >= 0.3 is 0 Å². The third kappa shape index (κ3) is 2.73. The van der Waals surface area contributed by atoms with Crippen molar-refractivity contribution in [2.75, 3.05) is 11.9 Å². The summed E-state index contributed by atoms with van der Waals surface area (Å²) in [6.45, 7) is -0.419. The number of hydrogen-bond donors (Lipinski definition) is 5. The highest BCUT2D eigenvalue weighted by Crippen LogP contribution is 2.33. The summed E-state index contributed by atoms with van der Waals surface area (Å²) in [6, 6.07) is 1.81. The van der Waals surface area contributed by atoms with E-state index in [1.165, 1.54) is 10.9 Å². The average Bonchev–Trinajstić information content (AvgIpc) is 3.29. The number of hydrogen-bond acceptors (Lipinski definition) is 8. The number of rotatable bonds is 4. The largest absolute Gasteiger partial charge is 0.394 e. The molecule has 4 atom stereocenters. The Bertz CT molecular complexity index is 885. The number of aromatic nitrogens is 5. The first kappa shape index (κ1) is 16.2. The summed E-state index contributed by atoms with van der Waals surface area (Å²) in [5, 5.41) is 32.4. The Morgan fingerprint density at radius 1 is 1.32 bits per heavy atom. The van der Waals surface area contributed by atoms with Crippen molar-refractivity contribution in [2.45, 2.75) is 24.5 Å². The molecule has 0 aliphatic carbocycles. The molecule has 10 nitrogen and oxygen atoms in total. The fourth-order valence-corrected chi connectivity index (χ4v) is 2.98. The molecule has 0 saturated carbocycles. The minimum absolute atomic E-state index is 0.0148. The molecule has 1 saturated heterocycles. The van der Waals surface area contributed by atoms with Crippen LogP contribution < -0.4 is 5.32 Å². The molecule has 1 aliphatic heterocycles. The highest BCUT2D eigenvalue weighted by molar-refractivity contribution is 6.28. The van der Waals surface area contributed by atoms with Crippen LogP contribution in [-0.2, 0) is 4.74 Å². The standard InChI is InChI=1S/C14H15ClN6O4/c15-14-19-11(18-6-1-2-16-3-6)8-12(20-14)21(5-17-8)13-10(24)9(23)7(4-22)25-13/h1-3,5,7,9-10,13,16,22-24H,4H2,(H,18,19,20)/t7?,9-,10-,13-/m1/s1. The first-order chi connectivity index (χ1) is 12.1. The number of fused-ring (bicyclic) bond motifs is 1. The van der Waals surface area contributed by atoms with E-state index in [2.05, 4.69) is 25.3 Å². The van der Waals surface area contributed by atoms with Crippen LogP contribution in [0.3, 0.4) is 0 Å². The number of H-pyrrole nitrogens is 1. The van der Waals surface area contributed by atoms with Crippen LogP contribution in [0.1, 0.15) is 6.23 Å². The SMILES string of the molecule is OCC1O[C@@H](n2cnc3c(Nc4cc[nH]c4)nc(Cl)nc32)[C@H](O)[C@@H]1O. The highest BCUT2D eigenvalue weighted by Gasteiger charge is 2.44. The first-order valence-corrected chi connectivity index (χ1v) is 7.88. The van der Waals surface area contributed by atoms with Gasteiger partial charge < -0.3 is 30.4 Å². The summed E-state index contributed by atoms with van der Waals surface area (Å²) in [6.07, 6.45) is 0.588. The number of ether oxygens (including phenoxy) is 1. The molecule has 4 rings (SSSR count). The van der Waals surface area contributed by atoms with Gasteiger partial charge in [0.15, 0.2) is 23.2 Å². The third-order valence-corrected chi connectivity index (χ3v) is 4.22. The summed E-state index contributed by atoms with van der Waals surface area (Å²) in [5.74, 6) is 0.389. The summed E-state index contributed by atoms with van der Waals surface area (Å²) >= 11 is 6.02. The Balaban J connectivity index is 1.76. The van der Waals surface area contributed by atoms with Crippen molar-refractivity contribution < 1.29 is 20.1 Å². The Labute approximate surface area is 146 Å². The Kier molecular flexibility index (Phi) is 4.06. The maximum absolute atomic E-state index is 10.2. The van der Waals surface area contributed by atoms with Crippen LogP contribution in [0.15, 0.2) is 24.8 Å². The number of anilines is 2. The van der Waals surface area contributed by atoms with Crippen molar-refractivity contribution in [1.29, 1.82) is 0 Å². The minimum atomic E-state index is -1.25. The summed E-state index contributed by atoms with van der Waals surface area (Å²) in [4.78, 5) is 15.5. The molecule has 5 N–H and O–H groups in total. The monoisotopic (exact) mass is 366 g/mol. The molecule has 1 aliphatic rings. The normalized spacial score (nSPS) is 26.4. The maximum Gasteiger partial charge on any atom is 0.226 e. The van der Waals surface area contributed by atoms with Crippen LogP contribution in [0.4, 0.5) is 11.5 Å². The van der Waals surface area contributed by atoms with Gasteiger partial charge in [-0.2, -0.15) is 9.97 Å². The number of nitrogens with one attached hydrogen (secondary N) is 2. The summed E-state index contributed by atoms with van der Waals surface area (Å²) in [7, 11) is 0. The van der Waals surface area contributed by atoms with Crippen molar-refractivity contribution >= 4 is 34.3 Å². The van der Waals surface area contributed by atoms with E-state index in [1.807, 2.05) is 6.07 Å². The molecule has 3 aromatic rings. The van der Waals surface area contributed by atoms with E-state index in [0.717, 1.165) is 5.69 Å². The van der Waals surface area contributed by atoms with E-state index in [-0.39, 0.29) is 5.28 Å². The number of aliphatic hydroxyl groups is 3. The van der Waals surface area contributed by atoms with Gasteiger partial charge in [0, 0.05) is 12.4 Å². The predicted octanol–water partition coefficient (Wildman–Crippen LogP) is 0.163. The minimum Gasteiger partial charge on any atom is -0.394 e. The van der Waals surface area contributed by atoms with Gasteiger partial charge in [0.2, 0.25) is 5.28 Å². The van der Waals surface area contributed by atoms with Gasteiger partial charge in [-0.3, -0.25) is 4.57 Å². The number of halogens is 1. The molecule has 0 radical (unpaired) electrons. The lowest BCUT2D eigenvalue weighted by atomic mass is 10.1. The Morgan fingerprint density at radius 3 is 2.84 bits per heavy atom. The lowest BCUT2D eigenvalue weighted by Crippen LogP contribution is -2.33. The topological polar surface area (TPSA) is 141 Å². The van der Waals surface area contributed by atoms with E-state index in [4.69, 9.17) is 16.3 Å². The van der Waals surface area contributed by atoms with E-state index in [0.29, 0.717) is 17.0 Å². The zero-order valence-corrected chi connectivity index (χ0v) is 13.5. The molecule has 1 unspecified atom stereocenters. The fourth-order valence-electron chi connectivity index (χ4n) is 2.81. The molecular weight excluding hydrogens is 352 g/mol.